The molecular weight excluding hydrogens is 194 g/mol. The van der Waals surface area contributed by atoms with Crippen LogP contribution < -0.4 is 0 Å². The summed E-state index contributed by atoms with van der Waals surface area (Å²) in [5.74, 6) is 0. The van der Waals surface area contributed by atoms with Crippen LogP contribution in [0.4, 0.5) is 0 Å². The van der Waals surface area contributed by atoms with Gasteiger partial charge in [0.25, 0.3) is 0 Å². The van der Waals surface area contributed by atoms with Crippen LogP contribution in [0.5, 0.6) is 0 Å². The Hall–Kier alpha value is -0.720. The second-order valence-corrected chi connectivity index (χ2v) is 4.84. The van der Waals surface area contributed by atoms with E-state index in [1.807, 2.05) is 0 Å². The van der Waals surface area contributed by atoms with Gasteiger partial charge in [-0.25, -0.2) is 0 Å². The molecule has 0 bridgehead atoms. The number of H-pyrrole nitrogens is 1. The van der Waals surface area contributed by atoms with Crippen molar-refractivity contribution in [1.82, 2.24) is 4.98 Å². The lowest BCUT2D eigenvalue weighted by molar-refractivity contribution is 0.687. The van der Waals surface area contributed by atoms with Crippen molar-refractivity contribution in [3.8, 4) is 0 Å². The number of hydrogen-bond donors (Lipinski definition) is 1. The summed E-state index contributed by atoms with van der Waals surface area (Å²) in [4.78, 5) is 3.46. The van der Waals surface area contributed by atoms with E-state index in [9.17, 15) is 0 Å². The summed E-state index contributed by atoms with van der Waals surface area (Å²) in [6, 6.07) is 0. The summed E-state index contributed by atoms with van der Waals surface area (Å²) in [5, 5.41) is 0. The molecule has 0 atom stereocenters. The molecule has 0 amide bonds. The van der Waals surface area contributed by atoms with Crippen molar-refractivity contribution in [2.45, 2.75) is 72.1 Å². The molecule has 0 aliphatic carbocycles. The van der Waals surface area contributed by atoms with E-state index in [0.717, 1.165) is 0 Å². The molecule has 1 heteroatoms. The summed E-state index contributed by atoms with van der Waals surface area (Å²) in [7, 11) is 0. The SMILES string of the molecule is CCCCCc1[nH]cc(C)c1CCCCC. The number of aryl methyl sites for hydroxylation is 2. The highest BCUT2D eigenvalue weighted by atomic mass is 14.7. The van der Waals surface area contributed by atoms with Gasteiger partial charge in [-0.05, 0) is 43.7 Å². The average molecular weight is 221 g/mol. The van der Waals surface area contributed by atoms with E-state index >= 15 is 0 Å². The molecule has 0 saturated heterocycles. The smallest absolute Gasteiger partial charge is 0.0182 e. The third kappa shape index (κ3) is 4.03. The fourth-order valence-electron chi connectivity index (χ4n) is 2.28. The van der Waals surface area contributed by atoms with Gasteiger partial charge in [-0.3, -0.25) is 0 Å². The minimum atomic E-state index is 1.24. The molecular formula is C15H27N. The van der Waals surface area contributed by atoms with E-state index in [-0.39, 0.29) is 0 Å². The predicted molar refractivity (Wildman–Crippen MR) is 72.0 cm³/mol. The first-order valence-electron chi connectivity index (χ1n) is 6.95. The Morgan fingerprint density at radius 2 is 1.56 bits per heavy atom. The Bertz CT molecular complexity index is 286. The summed E-state index contributed by atoms with van der Waals surface area (Å²) in [6.07, 6.45) is 12.7. The van der Waals surface area contributed by atoms with Crippen molar-refractivity contribution < 1.29 is 0 Å². The highest BCUT2D eigenvalue weighted by Crippen LogP contribution is 2.18. The zero-order chi connectivity index (χ0) is 11.8. The zero-order valence-electron chi connectivity index (χ0n) is 11.2. The predicted octanol–water partition coefficient (Wildman–Crippen LogP) is 4.79. The number of nitrogens with one attached hydrogen (secondary N) is 1. The third-order valence-electron chi connectivity index (χ3n) is 3.36. The molecule has 1 aromatic rings. The van der Waals surface area contributed by atoms with Crippen molar-refractivity contribution in [2.75, 3.05) is 0 Å². The van der Waals surface area contributed by atoms with Gasteiger partial charge in [-0.1, -0.05) is 39.5 Å². The maximum absolute atomic E-state index is 3.46. The van der Waals surface area contributed by atoms with E-state index in [4.69, 9.17) is 0 Å². The molecule has 1 rings (SSSR count). The van der Waals surface area contributed by atoms with Gasteiger partial charge in [0.15, 0.2) is 0 Å². The van der Waals surface area contributed by atoms with Crippen LogP contribution in [0.2, 0.25) is 0 Å². The number of rotatable bonds is 8. The van der Waals surface area contributed by atoms with Gasteiger partial charge in [0.05, 0.1) is 0 Å². The second-order valence-electron chi connectivity index (χ2n) is 4.84. The largest absolute Gasteiger partial charge is 0.364 e. The number of aromatic nitrogens is 1. The molecule has 0 aromatic carbocycles. The van der Waals surface area contributed by atoms with Gasteiger partial charge in [-0.2, -0.15) is 0 Å². The third-order valence-corrected chi connectivity index (χ3v) is 3.36. The summed E-state index contributed by atoms with van der Waals surface area (Å²) in [5.41, 5.74) is 4.56. The molecule has 1 aromatic heterocycles. The molecule has 0 saturated carbocycles. The molecule has 0 radical (unpaired) electrons. The topological polar surface area (TPSA) is 15.8 Å². The summed E-state index contributed by atoms with van der Waals surface area (Å²) >= 11 is 0. The fourth-order valence-corrected chi connectivity index (χ4v) is 2.28. The van der Waals surface area contributed by atoms with Crippen molar-refractivity contribution in [1.29, 1.82) is 0 Å². The molecule has 1 nitrogen and oxygen atoms in total. The van der Waals surface area contributed by atoms with Crippen molar-refractivity contribution in [3.05, 3.63) is 23.0 Å². The van der Waals surface area contributed by atoms with Crippen LogP contribution in [0.15, 0.2) is 6.20 Å². The van der Waals surface area contributed by atoms with Crippen molar-refractivity contribution >= 4 is 0 Å². The highest BCUT2D eigenvalue weighted by Gasteiger charge is 2.07. The standard InChI is InChI=1S/C15H27N/c1-4-6-8-10-14-13(3)12-16-15(14)11-9-7-5-2/h12,16H,4-11H2,1-3H3. The van der Waals surface area contributed by atoms with Gasteiger partial charge >= 0.3 is 0 Å². The molecule has 1 heterocycles. The first kappa shape index (κ1) is 13.3. The van der Waals surface area contributed by atoms with E-state index in [2.05, 4.69) is 32.0 Å². The van der Waals surface area contributed by atoms with Gasteiger partial charge in [0.1, 0.15) is 0 Å². The lowest BCUT2D eigenvalue weighted by Crippen LogP contribution is -1.94. The van der Waals surface area contributed by atoms with E-state index in [1.165, 1.54) is 62.6 Å². The lowest BCUT2D eigenvalue weighted by atomic mass is 10.0. The van der Waals surface area contributed by atoms with Crippen LogP contribution in [-0.4, -0.2) is 4.98 Å². The van der Waals surface area contributed by atoms with E-state index < -0.39 is 0 Å². The van der Waals surface area contributed by atoms with E-state index in [1.54, 1.807) is 5.56 Å². The van der Waals surface area contributed by atoms with Crippen LogP contribution in [0.1, 0.15) is 69.2 Å². The van der Waals surface area contributed by atoms with Gasteiger partial charge in [0, 0.05) is 11.9 Å². The maximum atomic E-state index is 3.46. The average Bonchev–Trinajstić information content (AvgIpc) is 2.62. The van der Waals surface area contributed by atoms with Gasteiger partial charge in [-0.15, -0.1) is 0 Å². The Balaban J connectivity index is 2.48. The lowest BCUT2D eigenvalue weighted by Gasteiger charge is -2.05. The number of aromatic amines is 1. The molecule has 0 fully saturated rings. The van der Waals surface area contributed by atoms with Crippen LogP contribution in [0, 0.1) is 6.92 Å². The second kappa shape index (κ2) is 7.54. The molecule has 92 valence electrons. The summed E-state index contributed by atoms with van der Waals surface area (Å²) < 4.78 is 0. The van der Waals surface area contributed by atoms with Crippen LogP contribution >= 0.6 is 0 Å². The Kier molecular flexibility index (Phi) is 6.29. The molecule has 0 unspecified atom stereocenters. The molecule has 0 aliphatic rings. The minimum Gasteiger partial charge on any atom is -0.364 e. The van der Waals surface area contributed by atoms with Gasteiger partial charge < -0.3 is 4.98 Å². The van der Waals surface area contributed by atoms with E-state index in [0.29, 0.717) is 0 Å². The number of hydrogen-bond acceptors (Lipinski definition) is 0. The summed E-state index contributed by atoms with van der Waals surface area (Å²) in [6.45, 7) is 6.77. The molecule has 16 heavy (non-hydrogen) atoms. The minimum absolute atomic E-state index is 1.24. The number of unbranched alkanes of at least 4 members (excludes halogenated alkanes) is 4. The van der Waals surface area contributed by atoms with Crippen LogP contribution in [0.25, 0.3) is 0 Å². The molecule has 1 N–H and O–H groups in total. The molecule has 0 spiro atoms. The monoisotopic (exact) mass is 221 g/mol. The van der Waals surface area contributed by atoms with Crippen LogP contribution in [0.3, 0.4) is 0 Å². The first-order valence-corrected chi connectivity index (χ1v) is 6.95. The zero-order valence-corrected chi connectivity index (χ0v) is 11.2. The Labute approximate surface area is 101 Å². The van der Waals surface area contributed by atoms with Crippen molar-refractivity contribution in [3.63, 3.8) is 0 Å². The Morgan fingerprint density at radius 3 is 2.19 bits per heavy atom. The van der Waals surface area contributed by atoms with Crippen molar-refractivity contribution in [2.24, 2.45) is 0 Å². The maximum Gasteiger partial charge on any atom is 0.0182 e. The van der Waals surface area contributed by atoms with Gasteiger partial charge in [0.2, 0.25) is 0 Å². The molecule has 0 aliphatic heterocycles. The first-order chi connectivity index (χ1) is 7.79. The quantitative estimate of drug-likeness (QED) is 0.608. The highest BCUT2D eigenvalue weighted by molar-refractivity contribution is 5.30. The normalized spacial score (nSPS) is 10.9. The Morgan fingerprint density at radius 1 is 0.938 bits per heavy atom. The fraction of sp³-hybridized carbons (Fsp3) is 0.733. The van der Waals surface area contributed by atoms with Crippen LogP contribution in [-0.2, 0) is 12.8 Å².